The Hall–Kier alpha value is -2.37. The van der Waals surface area contributed by atoms with Crippen LogP contribution in [-0.2, 0) is 18.4 Å². The third kappa shape index (κ3) is 6.55. The maximum atomic E-state index is 12.7. The van der Waals surface area contributed by atoms with Gasteiger partial charge in [-0.15, -0.1) is 24.0 Å². The number of nitrogens with one attached hydrogen (secondary N) is 1. The van der Waals surface area contributed by atoms with Crippen molar-refractivity contribution >= 4 is 41.5 Å². The predicted octanol–water partition coefficient (Wildman–Crippen LogP) is 1.60. The molecule has 0 aromatic carbocycles. The molecule has 9 nitrogen and oxygen atoms in total. The summed E-state index contributed by atoms with van der Waals surface area (Å²) in [7, 11) is 1.84. The molecule has 31 heavy (non-hydrogen) atoms. The second-order valence-electron chi connectivity index (χ2n) is 7.44. The van der Waals surface area contributed by atoms with Crippen molar-refractivity contribution in [3.63, 3.8) is 0 Å². The van der Waals surface area contributed by atoms with Gasteiger partial charge < -0.3 is 19.7 Å². The summed E-state index contributed by atoms with van der Waals surface area (Å²) >= 11 is 0. The largest absolute Gasteiger partial charge is 0.357 e. The van der Waals surface area contributed by atoms with E-state index in [4.69, 9.17) is 4.99 Å². The smallest absolute Gasteiger partial charge is 0.250 e. The Kier molecular flexibility index (Phi) is 9.53. The molecular weight excluding hydrogens is 509 g/mol. The molecule has 2 aromatic heterocycles. The minimum Gasteiger partial charge on any atom is -0.357 e. The van der Waals surface area contributed by atoms with E-state index in [0.717, 1.165) is 36.7 Å². The Morgan fingerprint density at radius 2 is 2.03 bits per heavy atom. The highest BCUT2D eigenvalue weighted by atomic mass is 127. The SMILES string of the molecule is CCNC(=NCCCCn1c(C)cccc1=O)N1CCN(c2cnn(C)c2)C(=O)C1.I. The van der Waals surface area contributed by atoms with Crippen molar-refractivity contribution in [2.75, 3.05) is 37.6 Å². The van der Waals surface area contributed by atoms with E-state index in [1.54, 1.807) is 32.5 Å². The van der Waals surface area contributed by atoms with E-state index < -0.39 is 0 Å². The van der Waals surface area contributed by atoms with Crippen molar-refractivity contribution in [3.8, 4) is 0 Å². The summed E-state index contributed by atoms with van der Waals surface area (Å²) in [6.45, 7) is 7.67. The van der Waals surface area contributed by atoms with Gasteiger partial charge in [0, 0.05) is 57.7 Å². The Balaban J connectivity index is 0.00000341. The number of aliphatic imine (C=N–C) groups is 1. The minimum atomic E-state index is 0. The first-order chi connectivity index (χ1) is 14.5. The molecule has 0 radical (unpaired) electrons. The van der Waals surface area contributed by atoms with Gasteiger partial charge in [-0.05, 0) is 32.8 Å². The van der Waals surface area contributed by atoms with Gasteiger partial charge in [-0.1, -0.05) is 6.07 Å². The van der Waals surface area contributed by atoms with Crippen molar-refractivity contribution in [2.24, 2.45) is 12.0 Å². The molecular formula is C21H32IN7O2. The van der Waals surface area contributed by atoms with Gasteiger partial charge in [0.2, 0.25) is 5.91 Å². The molecule has 1 saturated heterocycles. The van der Waals surface area contributed by atoms with E-state index in [0.29, 0.717) is 32.7 Å². The van der Waals surface area contributed by atoms with Crippen molar-refractivity contribution < 1.29 is 4.79 Å². The maximum absolute atomic E-state index is 12.7. The van der Waals surface area contributed by atoms with Crippen LogP contribution in [0.25, 0.3) is 0 Å². The summed E-state index contributed by atoms with van der Waals surface area (Å²) in [6.07, 6.45) is 5.32. The van der Waals surface area contributed by atoms with Gasteiger partial charge >= 0.3 is 0 Å². The highest BCUT2D eigenvalue weighted by Gasteiger charge is 2.27. The Bertz CT molecular complexity index is 953. The number of carbonyl (C=O) groups is 1. The zero-order valence-corrected chi connectivity index (χ0v) is 20.8. The number of halogens is 1. The van der Waals surface area contributed by atoms with Crippen LogP contribution in [0.2, 0.25) is 0 Å². The first-order valence-electron chi connectivity index (χ1n) is 10.5. The molecule has 170 valence electrons. The number of guanidine groups is 1. The van der Waals surface area contributed by atoms with Gasteiger partial charge in [-0.3, -0.25) is 19.3 Å². The van der Waals surface area contributed by atoms with Crippen LogP contribution in [0.5, 0.6) is 0 Å². The molecule has 1 N–H and O–H groups in total. The van der Waals surface area contributed by atoms with Crippen LogP contribution in [0.3, 0.4) is 0 Å². The van der Waals surface area contributed by atoms with Crippen LogP contribution in [0, 0.1) is 6.92 Å². The molecule has 0 unspecified atom stereocenters. The summed E-state index contributed by atoms with van der Waals surface area (Å²) in [6, 6.07) is 5.33. The molecule has 3 heterocycles. The van der Waals surface area contributed by atoms with Crippen LogP contribution in [0.1, 0.15) is 25.5 Å². The summed E-state index contributed by atoms with van der Waals surface area (Å²) in [5, 5.41) is 7.44. The van der Waals surface area contributed by atoms with Crippen molar-refractivity contribution in [3.05, 3.63) is 46.6 Å². The number of anilines is 1. The lowest BCUT2D eigenvalue weighted by molar-refractivity contribution is -0.120. The Labute approximate surface area is 200 Å². The fourth-order valence-corrected chi connectivity index (χ4v) is 3.58. The minimum absolute atomic E-state index is 0. The molecule has 0 aliphatic carbocycles. The van der Waals surface area contributed by atoms with Crippen molar-refractivity contribution in [2.45, 2.75) is 33.2 Å². The van der Waals surface area contributed by atoms with Gasteiger partial charge in [0.1, 0.15) is 6.54 Å². The number of nitrogens with zero attached hydrogens (tertiary/aromatic N) is 6. The first kappa shape index (κ1) is 24.9. The number of aromatic nitrogens is 3. The normalized spacial score (nSPS) is 14.5. The van der Waals surface area contributed by atoms with Gasteiger partial charge in [-0.25, -0.2) is 0 Å². The molecule has 1 aliphatic rings. The molecule has 2 aromatic rings. The highest BCUT2D eigenvalue weighted by Crippen LogP contribution is 2.16. The lowest BCUT2D eigenvalue weighted by Gasteiger charge is -2.35. The number of hydrogen-bond donors (Lipinski definition) is 1. The van der Waals surface area contributed by atoms with Gasteiger partial charge in [-0.2, -0.15) is 5.10 Å². The fourth-order valence-electron chi connectivity index (χ4n) is 3.58. The number of carbonyl (C=O) groups excluding carboxylic acids is 1. The number of hydrogen-bond acceptors (Lipinski definition) is 4. The van der Waals surface area contributed by atoms with Gasteiger partial charge in [0.15, 0.2) is 5.96 Å². The van der Waals surface area contributed by atoms with E-state index in [-0.39, 0.29) is 35.4 Å². The number of amides is 1. The summed E-state index contributed by atoms with van der Waals surface area (Å²) in [5.41, 5.74) is 1.84. The van der Waals surface area contributed by atoms with Crippen molar-refractivity contribution in [1.29, 1.82) is 0 Å². The molecule has 10 heteroatoms. The second-order valence-corrected chi connectivity index (χ2v) is 7.44. The number of piperazine rings is 1. The number of unbranched alkanes of at least 4 members (excludes halogenated alkanes) is 1. The number of rotatable bonds is 7. The van der Waals surface area contributed by atoms with Crippen LogP contribution in [0.15, 0.2) is 40.4 Å². The van der Waals surface area contributed by atoms with Crippen molar-refractivity contribution in [1.82, 2.24) is 24.6 Å². The lowest BCUT2D eigenvalue weighted by Crippen LogP contribution is -2.55. The third-order valence-corrected chi connectivity index (χ3v) is 5.18. The monoisotopic (exact) mass is 541 g/mol. The summed E-state index contributed by atoms with van der Waals surface area (Å²) < 4.78 is 3.50. The van der Waals surface area contributed by atoms with Crippen LogP contribution in [-0.4, -0.2) is 63.8 Å². The number of pyridine rings is 1. The standard InChI is InChI=1S/C21H31N7O2.HI/c1-4-22-21(23-10-5-6-11-27-17(2)8-7-9-19(27)29)26-12-13-28(20(30)16-26)18-14-24-25(3)15-18;/h7-9,14-15H,4-6,10-13,16H2,1-3H3,(H,22,23);1H. The second kappa shape index (κ2) is 11.9. The summed E-state index contributed by atoms with van der Waals surface area (Å²) in [4.78, 5) is 33.1. The molecule has 0 spiro atoms. The molecule has 0 atom stereocenters. The average molecular weight is 541 g/mol. The molecule has 1 amide bonds. The molecule has 0 bridgehead atoms. The fraction of sp³-hybridized carbons (Fsp3) is 0.524. The lowest BCUT2D eigenvalue weighted by atomic mass is 10.2. The number of aryl methyl sites for hydroxylation is 2. The zero-order chi connectivity index (χ0) is 21.5. The maximum Gasteiger partial charge on any atom is 0.250 e. The zero-order valence-electron chi connectivity index (χ0n) is 18.5. The Morgan fingerprint density at radius 3 is 2.68 bits per heavy atom. The molecule has 3 rings (SSSR count). The average Bonchev–Trinajstić information content (AvgIpc) is 3.14. The van der Waals surface area contributed by atoms with E-state index in [9.17, 15) is 9.59 Å². The highest BCUT2D eigenvalue weighted by molar-refractivity contribution is 14.0. The third-order valence-electron chi connectivity index (χ3n) is 5.18. The van der Waals surface area contributed by atoms with Gasteiger partial charge in [0.05, 0.1) is 11.9 Å². The first-order valence-corrected chi connectivity index (χ1v) is 10.5. The topological polar surface area (TPSA) is 87.8 Å². The molecule has 0 saturated carbocycles. The van der Waals surface area contributed by atoms with E-state index >= 15 is 0 Å². The van der Waals surface area contributed by atoms with Gasteiger partial charge in [0.25, 0.3) is 5.56 Å². The van der Waals surface area contributed by atoms with Crippen LogP contribution < -0.4 is 15.8 Å². The predicted molar refractivity (Wildman–Crippen MR) is 133 cm³/mol. The van der Waals surface area contributed by atoms with Crippen LogP contribution in [0.4, 0.5) is 5.69 Å². The van der Waals surface area contributed by atoms with E-state index in [2.05, 4.69) is 10.4 Å². The quantitative estimate of drug-likeness (QED) is 0.249. The molecule has 1 fully saturated rings. The molecule has 1 aliphatic heterocycles. The summed E-state index contributed by atoms with van der Waals surface area (Å²) in [5.74, 6) is 0.809. The van der Waals surface area contributed by atoms with E-state index in [1.807, 2.05) is 38.1 Å². The van der Waals surface area contributed by atoms with Crippen LogP contribution >= 0.6 is 24.0 Å². The Morgan fingerprint density at radius 1 is 1.23 bits per heavy atom. The van der Waals surface area contributed by atoms with E-state index in [1.165, 1.54) is 0 Å².